The van der Waals surface area contributed by atoms with Crippen LogP contribution in [0.2, 0.25) is 10.0 Å². The highest BCUT2D eigenvalue weighted by molar-refractivity contribution is 9.10. The Bertz CT molecular complexity index is 1120. The van der Waals surface area contributed by atoms with Crippen LogP contribution in [0.5, 0.6) is 5.75 Å². The molecule has 0 heterocycles. The molecule has 0 aromatic heterocycles. The molecule has 3 rings (SSSR count). The average molecular weight is 521 g/mol. The lowest BCUT2D eigenvalue weighted by molar-refractivity contribution is -0.118. The minimum Gasteiger partial charge on any atom is -0.483 e. The Labute approximate surface area is 197 Å². The van der Waals surface area contributed by atoms with E-state index >= 15 is 0 Å². The van der Waals surface area contributed by atoms with Gasteiger partial charge in [0.1, 0.15) is 5.75 Å². The Balaban J connectivity index is 1.62. The Morgan fingerprint density at radius 2 is 1.77 bits per heavy atom. The summed E-state index contributed by atoms with van der Waals surface area (Å²) in [6, 6.07) is 18.6. The molecule has 0 bridgehead atoms. The molecule has 0 unspecified atom stereocenters. The number of nitrogens with one attached hydrogen (secondary N) is 2. The van der Waals surface area contributed by atoms with Crippen LogP contribution < -0.4 is 15.5 Å². The maximum absolute atomic E-state index is 12.2. The van der Waals surface area contributed by atoms with Crippen LogP contribution in [-0.4, -0.2) is 24.6 Å². The van der Waals surface area contributed by atoms with Crippen molar-refractivity contribution in [2.45, 2.75) is 0 Å². The number of hydrogen-bond acceptors (Lipinski definition) is 4. The first-order valence-corrected chi connectivity index (χ1v) is 10.5. The molecule has 0 atom stereocenters. The van der Waals surface area contributed by atoms with Crippen molar-refractivity contribution >= 4 is 62.8 Å². The van der Waals surface area contributed by atoms with Gasteiger partial charge >= 0.3 is 0 Å². The summed E-state index contributed by atoms with van der Waals surface area (Å²) in [4.78, 5) is 24.3. The van der Waals surface area contributed by atoms with Crippen molar-refractivity contribution in [2.75, 3.05) is 11.9 Å². The summed E-state index contributed by atoms with van der Waals surface area (Å²) in [5, 5.41) is 7.63. The van der Waals surface area contributed by atoms with Crippen LogP contribution in [-0.2, 0) is 4.79 Å². The van der Waals surface area contributed by atoms with Gasteiger partial charge < -0.3 is 10.1 Å². The van der Waals surface area contributed by atoms with Gasteiger partial charge in [0.15, 0.2) is 6.61 Å². The standard InChI is InChI=1S/C22H16BrCl2N3O3/c23-16-7-10-20(31-13-21(29)27-19-4-2-1-3-18(19)25)15(11-16)12-26-28-22(30)14-5-8-17(24)9-6-14/h1-12H,13H2,(H,27,29)(H,28,30)/b26-12+. The minimum atomic E-state index is -0.385. The molecule has 3 aromatic carbocycles. The molecule has 0 fully saturated rings. The lowest BCUT2D eigenvalue weighted by Gasteiger charge is -2.11. The van der Waals surface area contributed by atoms with Crippen molar-refractivity contribution in [3.8, 4) is 5.75 Å². The van der Waals surface area contributed by atoms with Crippen LogP contribution >= 0.6 is 39.1 Å². The summed E-state index contributed by atoms with van der Waals surface area (Å²) in [5.41, 5.74) is 3.93. The van der Waals surface area contributed by atoms with Gasteiger partial charge in [0.25, 0.3) is 11.8 Å². The molecule has 0 aliphatic heterocycles. The van der Waals surface area contributed by atoms with Crippen molar-refractivity contribution in [3.05, 3.63) is 92.4 Å². The van der Waals surface area contributed by atoms with Gasteiger partial charge in [-0.3, -0.25) is 9.59 Å². The first kappa shape index (κ1) is 22.8. The van der Waals surface area contributed by atoms with E-state index in [9.17, 15) is 9.59 Å². The SMILES string of the molecule is O=C(COc1ccc(Br)cc1/C=N/NC(=O)c1ccc(Cl)cc1)Nc1ccccc1Cl. The maximum atomic E-state index is 12.2. The van der Waals surface area contributed by atoms with Crippen LogP contribution in [0.3, 0.4) is 0 Å². The number of para-hydroxylation sites is 1. The molecule has 0 saturated heterocycles. The van der Waals surface area contributed by atoms with Crippen LogP contribution in [0.25, 0.3) is 0 Å². The third-order valence-corrected chi connectivity index (χ3v) is 5.03. The van der Waals surface area contributed by atoms with Crippen LogP contribution in [0, 0.1) is 0 Å². The van der Waals surface area contributed by atoms with Crippen LogP contribution in [0.1, 0.15) is 15.9 Å². The summed E-state index contributed by atoms with van der Waals surface area (Å²) in [5.74, 6) is -0.332. The predicted molar refractivity (Wildman–Crippen MR) is 126 cm³/mol. The number of ether oxygens (including phenoxy) is 1. The van der Waals surface area contributed by atoms with Crippen molar-refractivity contribution in [1.82, 2.24) is 5.43 Å². The topological polar surface area (TPSA) is 79.8 Å². The number of carbonyl (C=O) groups excluding carboxylic acids is 2. The third kappa shape index (κ3) is 6.82. The van der Waals surface area contributed by atoms with E-state index in [4.69, 9.17) is 27.9 Å². The first-order chi connectivity index (χ1) is 14.9. The number of nitrogens with zero attached hydrogens (tertiary/aromatic N) is 1. The summed E-state index contributed by atoms with van der Waals surface area (Å²) in [7, 11) is 0. The number of hydrazone groups is 1. The van der Waals surface area contributed by atoms with Gasteiger partial charge in [-0.25, -0.2) is 5.43 Å². The number of carbonyl (C=O) groups is 2. The van der Waals surface area contributed by atoms with Gasteiger partial charge in [0.05, 0.1) is 16.9 Å². The van der Waals surface area contributed by atoms with E-state index < -0.39 is 0 Å². The molecule has 0 spiro atoms. The lowest BCUT2D eigenvalue weighted by Crippen LogP contribution is -2.21. The molecule has 31 heavy (non-hydrogen) atoms. The largest absolute Gasteiger partial charge is 0.483 e. The number of benzene rings is 3. The third-order valence-electron chi connectivity index (χ3n) is 3.95. The molecular formula is C22H16BrCl2N3O3. The van der Waals surface area contributed by atoms with Crippen molar-refractivity contribution < 1.29 is 14.3 Å². The molecule has 2 N–H and O–H groups in total. The van der Waals surface area contributed by atoms with E-state index in [1.807, 2.05) is 0 Å². The van der Waals surface area contributed by atoms with E-state index in [0.29, 0.717) is 32.6 Å². The van der Waals surface area contributed by atoms with E-state index in [1.165, 1.54) is 6.21 Å². The molecule has 0 aliphatic carbocycles. The van der Waals surface area contributed by atoms with Crippen molar-refractivity contribution in [3.63, 3.8) is 0 Å². The van der Waals surface area contributed by atoms with Crippen LogP contribution in [0.15, 0.2) is 76.3 Å². The zero-order chi connectivity index (χ0) is 22.2. The Kier molecular flexibility index (Phi) is 8.06. The Morgan fingerprint density at radius 1 is 1.03 bits per heavy atom. The highest BCUT2D eigenvalue weighted by Crippen LogP contribution is 2.23. The van der Waals surface area contributed by atoms with Gasteiger partial charge in [-0.1, -0.05) is 51.3 Å². The van der Waals surface area contributed by atoms with E-state index in [1.54, 1.807) is 66.7 Å². The predicted octanol–water partition coefficient (Wildman–Crippen LogP) is 5.54. The highest BCUT2D eigenvalue weighted by atomic mass is 79.9. The molecule has 6 nitrogen and oxygen atoms in total. The second kappa shape index (κ2) is 10.9. The number of anilines is 1. The molecule has 9 heteroatoms. The van der Waals surface area contributed by atoms with Crippen molar-refractivity contribution in [2.24, 2.45) is 5.10 Å². The van der Waals surface area contributed by atoms with Crippen molar-refractivity contribution in [1.29, 1.82) is 0 Å². The normalized spacial score (nSPS) is 10.7. The number of amides is 2. The Morgan fingerprint density at radius 3 is 2.52 bits per heavy atom. The molecule has 0 saturated carbocycles. The minimum absolute atomic E-state index is 0.231. The fourth-order valence-electron chi connectivity index (χ4n) is 2.47. The number of rotatable bonds is 7. The second-order valence-corrected chi connectivity index (χ2v) is 7.96. The summed E-state index contributed by atoms with van der Waals surface area (Å²) >= 11 is 15.2. The highest BCUT2D eigenvalue weighted by Gasteiger charge is 2.09. The van der Waals surface area contributed by atoms with Gasteiger partial charge in [0, 0.05) is 20.6 Å². The quantitative estimate of drug-likeness (QED) is 0.317. The van der Waals surface area contributed by atoms with Gasteiger partial charge in [-0.2, -0.15) is 5.10 Å². The lowest BCUT2D eigenvalue weighted by atomic mass is 10.2. The van der Waals surface area contributed by atoms with Gasteiger partial charge in [-0.05, 0) is 54.6 Å². The summed E-state index contributed by atoms with van der Waals surface area (Å²) in [6.45, 7) is -0.231. The fourth-order valence-corrected chi connectivity index (χ4v) is 3.16. The average Bonchev–Trinajstić information content (AvgIpc) is 2.75. The zero-order valence-corrected chi connectivity index (χ0v) is 19.0. The number of halogens is 3. The summed E-state index contributed by atoms with van der Waals surface area (Å²) < 4.78 is 6.41. The molecule has 0 radical (unpaired) electrons. The molecule has 158 valence electrons. The van der Waals surface area contributed by atoms with E-state index in [0.717, 1.165) is 4.47 Å². The maximum Gasteiger partial charge on any atom is 0.271 e. The van der Waals surface area contributed by atoms with Gasteiger partial charge in [0.2, 0.25) is 0 Å². The molecule has 0 aliphatic rings. The molecular weight excluding hydrogens is 505 g/mol. The zero-order valence-electron chi connectivity index (χ0n) is 15.9. The van der Waals surface area contributed by atoms with E-state index in [2.05, 4.69) is 31.8 Å². The molecule has 2 amide bonds. The summed E-state index contributed by atoms with van der Waals surface area (Å²) in [6.07, 6.45) is 1.43. The molecule has 3 aromatic rings. The van der Waals surface area contributed by atoms with Gasteiger partial charge in [-0.15, -0.1) is 0 Å². The smallest absolute Gasteiger partial charge is 0.271 e. The van der Waals surface area contributed by atoms with Crippen LogP contribution in [0.4, 0.5) is 5.69 Å². The second-order valence-electron chi connectivity index (χ2n) is 6.20. The number of hydrogen-bond donors (Lipinski definition) is 2. The monoisotopic (exact) mass is 519 g/mol. The Hall–Kier alpha value is -2.87. The fraction of sp³-hybridized carbons (Fsp3) is 0.0455. The van der Waals surface area contributed by atoms with E-state index in [-0.39, 0.29) is 18.4 Å². The first-order valence-electron chi connectivity index (χ1n) is 8.98.